The third kappa shape index (κ3) is 8.82. The van der Waals surface area contributed by atoms with Gasteiger partial charge in [0.2, 0.25) is 0 Å². The molecule has 0 bridgehead atoms. The Balaban J connectivity index is 0.00000420. The quantitative estimate of drug-likeness (QED) is 0.315. The van der Waals surface area contributed by atoms with Crippen LogP contribution in [0.15, 0.2) is 30.3 Å². The summed E-state index contributed by atoms with van der Waals surface area (Å²) in [5.41, 5.74) is 1.91. The molecule has 0 unspecified atom stereocenters. The summed E-state index contributed by atoms with van der Waals surface area (Å²) in [6.45, 7) is 6.71. The van der Waals surface area contributed by atoms with Gasteiger partial charge in [0.1, 0.15) is 6.61 Å². The first-order valence-electron chi connectivity index (χ1n) is 9.77. The Bertz CT molecular complexity index is 756. The summed E-state index contributed by atoms with van der Waals surface area (Å²) in [6, 6.07) is 9.22. The average molecular weight is 481 g/mol. The molecule has 0 fully saturated rings. The molecule has 0 atom stereocenters. The number of hydrogen-bond donors (Lipinski definition) is 1. The van der Waals surface area contributed by atoms with E-state index in [4.69, 9.17) is 44.3 Å². The Hall–Kier alpha value is -0.840. The highest BCUT2D eigenvalue weighted by Gasteiger charge is 2.14. The summed E-state index contributed by atoms with van der Waals surface area (Å²) >= 11 is 18.7. The van der Waals surface area contributed by atoms with Crippen molar-refractivity contribution in [3.05, 3.63) is 56.5 Å². The van der Waals surface area contributed by atoms with Gasteiger partial charge in [0.25, 0.3) is 0 Å². The largest absolute Gasteiger partial charge is 0.490 e. The minimum absolute atomic E-state index is 0. The SMILES string of the molecule is CCCCCCNCc1cc(Cl)c(OCc2ccc(Cl)cc2Cl)c(OCC)c1.Cl. The zero-order chi connectivity index (χ0) is 20.4. The van der Waals surface area contributed by atoms with E-state index in [-0.39, 0.29) is 19.0 Å². The highest BCUT2D eigenvalue weighted by molar-refractivity contribution is 6.35. The van der Waals surface area contributed by atoms with Crippen LogP contribution >= 0.6 is 47.2 Å². The van der Waals surface area contributed by atoms with Crippen LogP contribution in [-0.4, -0.2) is 13.2 Å². The molecule has 7 heteroatoms. The highest BCUT2D eigenvalue weighted by atomic mass is 35.5. The van der Waals surface area contributed by atoms with Gasteiger partial charge in [-0.1, -0.05) is 67.1 Å². The van der Waals surface area contributed by atoms with Crippen LogP contribution in [0.4, 0.5) is 0 Å². The van der Waals surface area contributed by atoms with Crippen molar-refractivity contribution in [2.75, 3.05) is 13.2 Å². The Morgan fingerprint density at radius 1 is 0.897 bits per heavy atom. The second-order valence-electron chi connectivity index (χ2n) is 6.60. The van der Waals surface area contributed by atoms with E-state index in [0.717, 1.165) is 24.2 Å². The van der Waals surface area contributed by atoms with Gasteiger partial charge in [-0.05, 0) is 49.7 Å². The van der Waals surface area contributed by atoms with Crippen molar-refractivity contribution in [3.63, 3.8) is 0 Å². The number of hydrogen-bond acceptors (Lipinski definition) is 3. The third-order valence-corrected chi connectivity index (χ3v) is 5.16. The summed E-state index contributed by atoms with van der Waals surface area (Å²) in [5, 5.41) is 5.14. The van der Waals surface area contributed by atoms with Crippen LogP contribution in [0, 0.1) is 0 Å². The number of benzene rings is 2. The van der Waals surface area contributed by atoms with Crippen molar-refractivity contribution in [1.82, 2.24) is 5.32 Å². The highest BCUT2D eigenvalue weighted by Crippen LogP contribution is 2.37. The molecule has 2 aromatic rings. The molecule has 0 spiro atoms. The molecule has 0 saturated carbocycles. The lowest BCUT2D eigenvalue weighted by Crippen LogP contribution is -2.15. The molecule has 0 heterocycles. The molecule has 0 saturated heterocycles. The van der Waals surface area contributed by atoms with Crippen molar-refractivity contribution in [2.45, 2.75) is 52.7 Å². The maximum atomic E-state index is 6.50. The predicted octanol–water partition coefficient (Wildman–Crippen LogP) is 7.72. The van der Waals surface area contributed by atoms with E-state index in [1.54, 1.807) is 12.1 Å². The molecule has 29 heavy (non-hydrogen) atoms. The Kier molecular flexibility index (Phi) is 12.8. The standard InChI is InChI=1S/C22H28Cl3NO2.ClH/c1-3-5-6-7-10-26-14-16-11-20(25)22(21(12-16)27-4-2)28-15-17-8-9-18(23)13-19(17)24;/h8-9,11-13,26H,3-7,10,14-15H2,1-2H3;1H. The van der Waals surface area contributed by atoms with Gasteiger partial charge in [0.05, 0.1) is 11.6 Å². The van der Waals surface area contributed by atoms with E-state index in [9.17, 15) is 0 Å². The van der Waals surface area contributed by atoms with E-state index in [2.05, 4.69) is 12.2 Å². The minimum atomic E-state index is 0. The van der Waals surface area contributed by atoms with Crippen LogP contribution < -0.4 is 14.8 Å². The second kappa shape index (κ2) is 14.2. The minimum Gasteiger partial charge on any atom is -0.490 e. The van der Waals surface area contributed by atoms with E-state index >= 15 is 0 Å². The van der Waals surface area contributed by atoms with Crippen LogP contribution in [0.3, 0.4) is 0 Å². The fraction of sp³-hybridized carbons (Fsp3) is 0.455. The van der Waals surface area contributed by atoms with Crippen molar-refractivity contribution in [2.24, 2.45) is 0 Å². The molecule has 1 N–H and O–H groups in total. The molecule has 162 valence electrons. The average Bonchev–Trinajstić information content (AvgIpc) is 2.65. The Morgan fingerprint density at radius 3 is 2.38 bits per heavy atom. The first-order chi connectivity index (χ1) is 13.5. The van der Waals surface area contributed by atoms with E-state index in [0.29, 0.717) is 33.2 Å². The lowest BCUT2D eigenvalue weighted by molar-refractivity contribution is 0.269. The topological polar surface area (TPSA) is 30.5 Å². The molecule has 0 aromatic heterocycles. The number of unbranched alkanes of at least 4 members (excludes halogenated alkanes) is 3. The molecular formula is C22H29Cl4NO2. The summed E-state index contributed by atoms with van der Waals surface area (Å²) in [5.74, 6) is 1.17. The van der Waals surface area contributed by atoms with Crippen LogP contribution in [0.1, 0.15) is 50.7 Å². The second-order valence-corrected chi connectivity index (χ2v) is 7.85. The number of ether oxygens (including phenoxy) is 2. The lowest BCUT2D eigenvalue weighted by atomic mass is 10.1. The van der Waals surface area contributed by atoms with Crippen LogP contribution in [0.25, 0.3) is 0 Å². The van der Waals surface area contributed by atoms with Crippen molar-refractivity contribution >= 4 is 47.2 Å². The van der Waals surface area contributed by atoms with Crippen molar-refractivity contribution < 1.29 is 9.47 Å². The maximum Gasteiger partial charge on any atom is 0.180 e. The molecule has 0 amide bonds. The van der Waals surface area contributed by atoms with Gasteiger partial charge in [-0.3, -0.25) is 0 Å². The molecule has 0 aliphatic carbocycles. The molecular weight excluding hydrogens is 452 g/mol. The Labute approximate surface area is 195 Å². The summed E-state index contributed by atoms with van der Waals surface area (Å²) < 4.78 is 11.7. The van der Waals surface area contributed by atoms with Crippen molar-refractivity contribution in [1.29, 1.82) is 0 Å². The van der Waals surface area contributed by atoms with Gasteiger partial charge in [0.15, 0.2) is 11.5 Å². The lowest BCUT2D eigenvalue weighted by Gasteiger charge is -2.16. The number of halogens is 4. The fourth-order valence-electron chi connectivity index (χ4n) is 2.82. The van der Waals surface area contributed by atoms with E-state index in [1.165, 1.54) is 25.7 Å². The summed E-state index contributed by atoms with van der Waals surface area (Å²) in [6.07, 6.45) is 4.97. The van der Waals surface area contributed by atoms with Gasteiger partial charge in [-0.15, -0.1) is 12.4 Å². The first kappa shape index (κ1) is 26.2. The maximum absolute atomic E-state index is 6.50. The fourth-order valence-corrected chi connectivity index (χ4v) is 3.58. The molecule has 2 aromatic carbocycles. The van der Waals surface area contributed by atoms with Gasteiger partial charge in [-0.25, -0.2) is 0 Å². The molecule has 0 aliphatic heterocycles. The van der Waals surface area contributed by atoms with E-state index < -0.39 is 0 Å². The number of rotatable bonds is 12. The third-order valence-electron chi connectivity index (χ3n) is 4.29. The van der Waals surface area contributed by atoms with Gasteiger partial charge >= 0.3 is 0 Å². The van der Waals surface area contributed by atoms with Gasteiger partial charge in [-0.2, -0.15) is 0 Å². The molecule has 0 aliphatic rings. The smallest absolute Gasteiger partial charge is 0.180 e. The monoisotopic (exact) mass is 479 g/mol. The zero-order valence-electron chi connectivity index (χ0n) is 16.9. The molecule has 3 nitrogen and oxygen atoms in total. The first-order valence-corrected chi connectivity index (χ1v) is 10.9. The van der Waals surface area contributed by atoms with Crippen LogP contribution in [-0.2, 0) is 13.2 Å². The van der Waals surface area contributed by atoms with E-state index in [1.807, 2.05) is 25.1 Å². The number of nitrogens with one attached hydrogen (secondary N) is 1. The summed E-state index contributed by atoms with van der Waals surface area (Å²) in [4.78, 5) is 0. The molecule has 2 rings (SSSR count). The van der Waals surface area contributed by atoms with Crippen molar-refractivity contribution in [3.8, 4) is 11.5 Å². The normalized spacial score (nSPS) is 10.5. The van der Waals surface area contributed by atoms with Gasteiger partial charge in [0, 0.05) is 22.2 Å². The van der Waals surface area contributed by atoms with Crippen LogP contribution in [0.2, 0.25) is 15.1 Å². The predicted molar refractivity (Wildman–Crippen MR) is 127 cm³/mol. The summed E-state index contributed by atoms with van der Waals surface area (Å²) in [7, 11) is 0. The van der Waals surface area contributed by atoms with Gasteiger partial charge < -0.3 is 14.8 Å². The van der Waals surface area contributed by atoms with Crippen LogP contribution in [0.5, 0.6) is 11.5 Å². The Morgan fingerprint density at radius 2 is 1.69 bits per heavy atom. The zero-order valence-corrected chi connectivity index (χ0v) is 20.0. The molecule has 0 radical (unpaired) electrons.